The van der Waals surface area contributed by atoms with Gasteiger partial charge < -0.3 is 0 Å². The Morgan fingerprint density at radius 3 is 2.80 bits per heavy atom. The third kappa shape index (κ3) is 4.31. The summed E-state index contributed by atoms with van der Waals surface area (Å²) in [6.45, 7) is 3.80. The molecule has 2 unspecified atom stereocenters. The quantitative estimate of drug-likeness (QED) is 0.341. The van der Waals surface area contributed by atoms with Crippen molar-refractivity contribution in [1.82, 2.24) is 0 Å². The van der Waals surface area contributed by atoms with Gasteiger partial charge >= 0.3 is 136 Å². The van der Waals surface area contributed by atoms with E-state index in [1.54, 1.807) is 0 Å². The van der Waals surface area contributed by atoms with E-state index in [-0.39, 0.29) is 12.2 Å². The molecule has 1 aliphatic heterocycles. The van der Waals surface area contributed by atoms with Crippen molar-refractivity contribution >= 4 is 44.8 Å². The van der Waals surface area contributed by atoms with Crippen molar-refractivity contribution in [2.45, 2.75) is 47.8 Å². The van der Waals surface area contributed by atoms with Crippen molar-refractivity contribution in [3.8, 4) is 0 Å². The molecule has 113 valence electrons. The van der Waals surface area contributed by atoms with Gasteiger partial charge in [0.05, 0.1) is 0 Å². The maximum absolute atomic E-state index is 11.9. The molecule has 0 aromatic heterocycles. The second-order valence-electron chi connectivity index (χ2n) is 6.11. The van der Waals surface area contributed by atoms with Crippen molar-refractivity contribution in [3.63, 3.8) is 0 Å². The van der Waals surface area contributed by atoms with Crippen LogP contribution in [-0.2, 0) is 16.6 Å². The van der Waals surface area contributed by atoms with Gasteiger partial charge in [-0.3, -0.25) is 0 Å². The summed E-state index contributed by atoms with van der Waals surface area (Å²) in [5, 5.41) is 0. The summed E-state index contributed by atoms with van der Waals surface area (Å²) in [5.41, 5.74) is 0. The van der Waals surface area contributed by atoms with E-state index in [1.807, 2.05) is 6.08 Å². The third-order valence-electron chi connectivity index (χ3n) is 4.22. The first-order valence-corrected chi connectivity index (χ1v) is 18.2. The summed E-state index contributed by atoms with van der Waals surface area (Å²) in [7, 11) is -1.71. The molecule has 0 bridgehead atoms. The predicted octanol–water partition coefficient (Wildman–Crippen LogP) is 2.62. The van der Waals surface area contributed by atoms with E-state index in [4.69, 9.17) is 8.76 Å². The van der Waals surface area contributed by atoms with Gasteiger partial charge in [-0.1, -0.05) is 0 Å². The molecule has 0 aromatic carbocycles. The Bertz CT molecular complexity index is 432. The molecule has 7 heteroatoms. The Morgan fingerprint density at radius 2 is 2.20 bits per heavy atom. The molecule has 2 fully saturated rings. The van der Waals surface area contributed by atoms with E-state index in [2.05, 4.69) is 16.5 Å². The van der Waals surface area contributed by atoms with E-state index < -0.39 is 37.2 Å². The van der Waals surface area contributed by atoms with Crippen LogP contribution in [0.25, 0.3) is 0 Å². The van der Waals surface area contributed by atoms with Gasteiger partial charge in [0.1, 0.15) is 0 Å². The molecule has 3 nitrogen and oxygen atoms in total. The van der Waals surface area contributed by atoms with Gasteiger partial charge in [0, 0.05) is 0 Å². The normalized spacial score (nSPS) is 39.5. The molecule has 1 heterocycles. The molecule has 0 amide bonds. The Morgan fingerprint density at radius 1 is 1.55 bits per heavy atom. The van der Waals surface area contributed by atoms with Crippen LogP contribution in [0.1, 0.15) is 25.7 Å². The van der Waals surface area contributed by atoms with Crippen molar-refractivity contribution in [2.75, 3.05) is 5.75 Å². The van der Waals surface area contributed by atoms with Crippen LogP contribution in [0.3, 0.4) is 0 Å². The van der Waals surface area contributed by atoms with Gasteiger partial charge in [-0.25, -0.2) is 0 Å². The molecule has 1 aliphatic carbocycles. The summed E-state index contributed by atoms with van der Waals surface area (Å²) in [6, 6.07) is 0. The molecule has 0 spiro atoms. The van der Waals surface area contributed by atoms with E-state index in [0.29, 0.717) is 17.6 Å². The van der Waals surface area contributed by atoms with Crippen molar-refractivity contribution in [3.05, 3.63) is 12.7 Å². The first-order valence-electron chi connectivity index (χ1n) is 8.25. The Balaban J connectivity index is 1.96. The molecule has 2 aliphatic rings. The first-order chi connectivity index (χ1) is 10.4. The van der Waals surface area contributed by atoms with Crippen LogP contribution < -0.4 is 0 Å². The van der Waals surface area contributed by atoms with Gasteiger partial charge in [-0.05, 0) is 0 Å². The zero-order valence-corrected chi connectivity index (χ0v) is 16.9. The molecule has 1 saturated carbocycles. The molecule has 1 radical (unpaired) electrons. The van der Waals surface area contributed by atoms with E-state index >= 15 is 0 Å². The third-order valence-corrected chi connectivity index (χ3v) is 11.1. The fourth-order valence-electron chi connectivity index (χ4n) is 3.40. The van der Waals surface area contributed by atoms with E-state index in [1.165, 1.54) is 0 Å². The van der Waals surface area contributed by atoms with Gasteiger partial charge in [-0.15, -0.1) is 0 Å². The molecular weight excluding hydrogens is 397 g/mol. The fraction of sp³-hybridized carbons (Fsp3) is 0.846. The van der Waals surface area contributed by atoms with Crippen LogP contribution >= 0.6 is 7.61 Å². The first kappa shape index (κ1) is 14.7. The molecule has 2 rings (SSSR count). The Hall–Kier alpha value is 1.10. The molecule has 20 heavy (non-hydrogen) atoms. The molecule has 0 aromatic rings. The SMILES string of the molecule is [2H]P([B][3H])S(=O)CC[C@H]1C[C@H](CCC=C)[C@@H]2[O][Sn]([CH3])([CH3])[O][C@H]12. The van der Waals surface area contributed by atoms with Crippen LogP contribution in [0, 0.1) is 11.8 Å². The molecule has 1 saturated heterocycles. The minimum absolute atomic E-state index is 0.162. The summed E-state index contributed by atoms with van der Waals surface area (Å²) in [6.07, 6.45) is 6.29. The number of hydrogen-bond acceptors (Lipinski definition) is 3. The standard InChI is InChI=1S/C11H19BO3PS.2CH3.Sn/c1-2-3-4-8-7-9(11(14)10(8)13)5-6-17(15)16-12;;;/h2,8-12,16H,1,3-7H2;2*1H3;/q-2;;;+2/t8-,9-,10-,11+,16?,17?;;;/m0.../s1/i12T,16D;;;. The fourth-order valence-corrected chi connectivity index (χ4v) is 10.4. The summed E-state index contributed by atoms with van der Waals surface area (Å²) >= 11 is -2.77. The van der Waals surface area contributed by atoms with Gasteiger partial charge in [0.15, 0.2) is 0 Å². The van der Waals surface area contributed by atoms with Crippen LogP contribution in [0.15, 0.2) is 12.7 Å². The van der Waals surface area contributed by atoms with Gasteiger partial charge in [0.2, 0.25) is 0 Å². The average Bonchev–Trinajstić information content (AvgIpc) is 2.95. The second kappa shape index (κ2) is 7.58. The summed E-state index contributed by atoms with van der Waals surface area (Å²) in [4.78, 5) is 4.32. The van der Waals surface area contributed by atoms with Crippen molar-refractivity contribution in [1.29, 1.82) is 2.61 Å². The summed E-state index contributed by atoms with van der Waals surface area (Å²) in [5.74, 6) is 1.41. The maximum atomic E-state index is 11.9. The minimum atomic E-state index is -2.77. The topological polar surface area (TPSA) is 35.5 Å². The molecule has 6 atom stereocenters. The zero-order valence-electron chi connectivity index (χ0n) is 14.3. The van der Waals surface area contributed by atoms with E-state index in [0.717, 1.165) is 33.2 Å². The monoisotopic (exact) mass is 426 g/mol. The number of rotatable bonds is 8. The van der Waals surface area contributed by atoms with Crippen LogP contribution in [0.5, 0.6) is 0 Å². The Kier molecular flexibility index (Phi) is 5.57. The number of hydrogen-bond donors (Lipinski definition) is 0. The predicted molar refractivity (Wildman–Crippen MR) is 91.3 cm³/mol. The van der Waals surface area contributed by atoms with Crippen LogP contribution in [-0.4, -0.2) is 51.5 Å². The number of fused-ring (bicyclic) bond motifs is 1. The van der Waals surface area contributed by atoms with Gasteiger partial charge in [0.25, 0.3) is 0 Å². The molecular formula is C13H25BO3PSSn. The van der Waals surface area contributed by atoms with Gasteiger partial charge in [-0.2, -0.15) is 0 Å². The summed E-state index contributed by atoms with van der Waals surface area (Å²) < 4.78 is 39.2. The Labute approximate surface area is 135 Å². The van der Waals surface area contributed by atoms with Crippen molar-refractivity contribution < 1.29 is 10.4 Å². The van der Waals surface area contributed by atoms with Crippen LogP contribution in [0.4, 0.5) is 0 Å². The van der Waals surface area contributed by atoms with E-state index in [9.17, 15) is 4.21 Å². The number of allylic oxidation sites excluding steroid dienone is 1. The molecule has 0 N–H and O–H groups in total. The zero-order chi connectivity index (χ0) is 16.3. The van der Waals surface area contributed by atoms with Crippen LogP contribution in [0.2, 0.25) is 9.88 Å². The van der Waals surface area contributed by atoms with Crippen molar-refractivity contribution in [2.24, 2.45) is 11.8 Å². The second-order valence-corrected chi connectivity index (χ2v) is 18.6. The average molecular weight is 425 g/mol.